The average molecular weight is 360 g/mol. The van der Waals surface area contributed by atoms with E-state index in [1.54, 1.807) is 26.0 Å². The van der Waals surface area contributed by atoms with Gasteiger partial charge in [0, 0.05) is 39.5 Å². The molecule has 1 unspecified atom stereocenters. The summed E-state index contributed by atoms with van der Waals surface area (Å²) in [6, 6.07) is 5.97. The molecule has 2 fully saturated rings. The molecule has 0 N–H and O–H groups in total. The summed E-state index contributed by atoms with van der Waals surface area (Å²) in [6.07, 6.45) is 2.86. The lowest BCUT2D eigenvalue weighted by molar-refractivity contribution is -0.138. The van der Waals surface area contributed by atoms with Gasteiger partial charge in [0.2, 0.25) is 11.8 Å². The Labute approximate surface area is 155 Å². The molecule has 1 atom stereocenters. The Morgan fingerprint density at radius 2 is 1.65 bits per heavy atom. The summed E-state index contributed by atoms with van der Waals surface area (Å²) in [5.41, 5.74) is 1.14. The lowest BCUT2D eigenvalue weighted by Crippen LogP contribution is -2.50. The maximum Gasteiger partial charge on any atom is 0.223 e. The predicted molar refractivity (Wildman–Crippen MR) is 98.5 cm³/mol. The first kappa shape index (κ1) is 18.5. The van der Waals surface area contributed by atoms with Crippen LogP contribution in [0.5, 0.6) is 11.5 Å². The number of nitrogens with zero attached hydrogens (tertiary/aromatic N) is 2. The van der Waals surface area contributed by atoms with Crippen molar-refractivity contribution in [1.82, 2.24) is 9.80 Å². The van der Waals surface area contributed by atoms with E-state index in [4.69, 9.17) is 9.47 Å². The quantitative estimate of drug-likeness (QED) is 0.781. The molecule has 0 radical (unpaired) electrons. The molecule has 0 spiro atoms. The Balaban J connectivity index is 1.68. The molecule has 3 rings (SSSR count). The molecule has 6 nitrogen and oxygen atoms in total. The van der Waals surface area contributed by atoms with Crippen LogP contribution in [0.3, 0.4) is 0 Å². The normalized spacial score (nSPS) is 18.4. The van der Waals surface area contributed by atoms with Crippen molar-refractivity contribution in [3.05, 3.63) is 23.8 Å². The molecular weight excluding hydrogens is 332 g/mol. The summed E-state index contributed by atoms with van der Waals surface area (Å²) in [7, 11) is 3.26. The van der Waals surface area contributed by atoms with Gasteiger partial charge in [-0.15, -0.1) is 0 Å². The number of piperazine rings is 1. The fourth-order valence-electron chi connectivity index (χ4n) is 3.73. The van der Waals surface area contributed by atoms with Crippen molar-refractivity contribution in [2.24, 2.45) is 5.92 Å². The highest BCUT2D eigenvalue weighted by Gasteiger charge is 2.35. The van der Waals surface area contributed by atoms with Crippen LogP contribution in [0.25, 0.3) is 0 Å². The molecule has 1 aromatic rings. The van der Waals surface area contributed by atoms with E-state index < -0.39 is 0 Å². The van der Waals surface area contributed by atoms with Gasteiger partial charge in [-0.1, -0.05) is 6.07 Å². The number of ether oxygens (including phenoxy) is 2. The summed E-state index contributed by atoms with van der Waals surface area (Å²) in [5.74, 6) is 2.46. The number of amides is 2. The van der Waals surface area contributed by atoms with Crippen molar-refractivity contribution in [1.29, 1.82) is 0 Å². The summed E-state index contributed by atoms with van der Waals surface area (Å²) in [4.78, 5) is 28.0. The summed E-state index contributed by atoms with van der Waals surface area (Å²) in [5, 5.41) is 0. The van der Waals surface area contributed by atoms with Gasteiger partial charge in [-0.05, 0) is 42.4 Å². The van der Waals surface area contributed by atoms with Gasteiger partial charge in [0.25, 0.3) is 0 Å². The first-order valence-electron chi connectivity index (χ1n) is 9.28. The van der Waals surface area contributed by atoms with Gasteiger partial charge in [-0.2, -0.15) is 0 Å². The number of hydrogen-bond acceptors (Lipinski definition) is 4. The Morgan fingerprint density at radius 3 is 2.19 bits per heavy atom. The Hall–Kier alpha value is -2.24. The largest absolute Gasteiger partial charge is 0.493 e. The smallest absolute Gasteiger partial charge is 0.223 e. The zero-order chi connectivity index (χ0) is 18.7. The second-order valence-corrected chi connectivity index (χ2v) is 7.15. The molecule has 1 saturated heterocycles. The fraction of sp³-hybridized carbons (Fsp3) is 0.600. The third kappa shape index (κ3) is 4.11. The van der Waals surface area contributed by atoms with Crippen molar-refractivity contribution < 1.29 is 19.1 Å². The highest BCUT2D eigenvalue weighted by molar-refractivity contribution is 5.78. The van der Waals surface area contributed by atoms with Crippen molar-refractivity contribution in [3.8, 4) is 11.5 Å². The number of methoxy groups -OCH3 is 2. The van der Waals surface area contributed by atoms with Crippen LogP contribution in [0.4, 0.5) is 0 Å². The van der Waals surface area contributed by atoms with Crippen LogP contribution >= 0.6 is 0 Å². The van der Waals surface area contributed by atoms with Gasteiger partial charge >= 0.3 is 0 Å². The number of carbonyl (C=O) groups excluding carboxylic acids is 2. The molecule has 1 aliphatic carbocycles. The monoisotopic (exact) mass is 360 g/mol. The number of carbonyl (C=O) groups is 2. The Bertz CT molecular complexity index is 664. The van der Waals surface area contributed by atoms with E-state index in [-0.39, 0.29) is 17.7 Å². The number of hydrogen-bond donors (Lipinski definition) is 0. The SMILES string of the molecule is COc1ccc(C(CC(=O)N2CCN(C(C)=O)CC2)C2CC2)cc1OC. The molecule has 1 aromatic carbocycles. The van der Waals surface area contributed by atoms with Crippen molar-refractivity contribution >= 4 is 11.8 Å². The lowest BCUT2D eigenvalue weighted by Gasteiger charge is -2.35. The standard InChI is InChI=1S/C20H28N2O4/c1-14(23)21-8-10-22(11-9-21)20(24)13-17(15-4-5-15)16-6-7-18(25-2)19(12-16)26-3/h6-7,12,15,17H,4-5,8-11,13H2,1-3H3. The fourth-order valence-corrected chi connectivity index (χ4v) is 3.73. The van der Waals surface area contributed by atoms with Crippen LogP contribution in [0.2, 0.25) is 0 Å². The maximum absolute atomic E-state index is 12.8. The van der Waals surface area contributed by atoms with Crippen LogP contribution in [-0.2, 0) is 9.59 Å². The van der Waals surface area contributed by atoms with Crippen molar-refractivity contribution in [2.45, 2.75) is 32.1 Å². The van der Waals surface area contributed by atoms with E-state index in [1.165, 1.54) is 12.8 Å². The van der Waals surface area contributed by atoms with E-state index in [9.17, 15) is 9.59 Å². The third-order valence-electron chi connectivity index (χ3n) is 5.50. The molecule has 6 heteroatoms. The van der Waals surface area contributed by atoms with Gasteiger partial charge in [0.1, 0.15) is 0 Å². The Morgan fingerprint density at radius 1 is 1.04 bits per heavy atom. The van der Waals surface area contributed by atoms with Gasteiger partial charge < -0.3 is 19.3 Å². The molecule has 142 valence electrons. The van der Waals surface area contributed by atoms with Crippen LogP contribution in [0.15, 0.2) is 18.2 Å². The first-order valence-corrected chi connectivity index (χ1v) is 9.28. The summed E-state index contributed by atoms with van der Waals surface area (Å²) in [6.45, 7) is 4.10. The number of benzene rings is 1. The molecule has 1 heterocycles. The minimum atomic E-state index is 0.0817. The highest BCUT2D eigenvalue weighted by Crippen LogP contribution is 2.46. The summed E-state index contributed by atoms with van der Waals surface area (Å²) >= 11 is 0. The van der Waals surface area contributed by atoms with E-state index in [2.05, 4.69) is 0 Å². The second kappa shape index (κ2) is 7.98. The van der Waals surface area contributed by atoms with E-state index >= 15 is 0 Å². The van der Waals surface area contributed by atoms with E-state index in [1.807, 2.05) is 23.1 Å². The first-order chi connectivity index (χ1) is 12.5. The molecular formula is C20H28N2O4. The zero-order valence-electron chi connectivity index (χ0n) is 15.9. The van der Waals surface area contributed by atoms with Crippen LogP contribution in [-0.4, -0.2) is 62.0 Å². The zero-order valence-corrected chi connectivity index (χ0v) is 15.9. The molecule has 0 bridgehead atoms. The van der Waals surface area contributed by atoms with Crippen LogP contribution in [0.1, 0.15) is 37.7 Å². The highest BCUT2D eigenvalue weighted by atomic mass is 16.5. The summed E-state index contributed by atoms with van der Waals surface area (Å²) < 4.78 is 10.7. The van der Waals surface area contributed by atoms with E-state index in [0.717, 1.165) is 5.56 Å². The van der Waals surface area contributed by atoms with Gasteiger partial charge in [0.15, 0.2) is 11.5 Å². The van der Waals surface area contributed by atoms with Gasteiger partial charge in [-0.3, -0.25) is 9.59 Å². The maximum atomic E-state index is 12.8. The minimum absolute atomic E-state index is 0.0817. The second-order valence-electron chi connectivity index (χ2n) is 7.15. The van der Waals surface area contributed by atoms with Crippen LogP contribution in [0, 0.1) is 5.92 Å². The van der Waals surface area contributed by atoms with Crippen molar-refractivity contribution in [2.75, 3.05) is 40.4 Å². The van der Waals surface area contributed by atoms with E-state index in [0.29, 0.717) is 50.0 Å². The van der Waals surface area contributed by atoms with Crippen LogP contribution < -0.4 is 9.47 Å². The lowest BCUT2D eigenvalue weighted by atomic mass is 9.90. The molecule has 0 aromatic heterocycles. The predicted octanol–water partition coefficient (Wildman–Crippen LogP) is 2.28. The van der Waals surface area contributed by atoms with Crippen molar-refractivity contribution in [3.63, 3.8) is 0 Å². The molecule has 1 aliphatic heterocycles. The average Bonchev–Trinajstić information content (AvgIpc) is 3.50. The van der Waals surface area contributed by atoms with Gasteiger partial charge in [-0.25, -0.2) is 0 Å². The minimum Gasteiger partial charge on any atom is -0.493 e. The number of rotatable bonds is 6. The topological polar surface area (TPSA) is 59.1 Å². The Kier molecular flexibility index (Phi) is 5.69. The van der Waals surface area contributed by atoms with Gasteiger partial charge in [0.05, 0.1) is 14.2 Å². The molecule has 26 heavy (non-hydrogen) atoms. The third-order valence-corrected chi connectivity index (χ3v) is 5.50. The molecule has 2 aliphatic rings. The molecule has 1 saturated carbocycles. The molecule has 2 amide bonds.